The van der Waals surface area contributed by atoms with E-state index in [1.165, 1.54) is 5.56 Å². The van der Waals surface area contributed by atoms with Crippen molar-refractivity contribution < 1.29 is 14.7 Å². The highest BCUT2D eigenvalue weighted by Gasteiger charge is 2.22. The number of aliphatic carboxylic acids is 1. The molecule has 8 nitrogen and oxygen atoms in total. The zero-order valence-electron chi connectivity index (χ0n) is 20.9. The number of benzene rings is 2. The van der Waals surface area contributed by atoms with Crippen LogP contribution in [0.1, 0.15) is 48.2 Å². The fourth-order valence-electron chi connectivity index (χ4n) is 4.54. The lowest BCUT2D eigenvalue weighted by Crippen LogP contribution is -2.40. The number of carbonyl (C=O) groups is 2. The zero-order valence-corrected chi connectivity index (χ0v) is 21.7. The first-order valence-corrected chi connectivity index (χ1v) is 12.9. The van der Waals surface area contributed by atoms with Crippen LogP contribution in [0.5, 0.6) is 0 Å². The lowest BCUT2D eigenvalue weighted by molar-refractivity contribution is -0.136. The van der Waals surface area contributed by atoms with E-state index in [0.29, 0.717) is 23.6 Å². The molecular formula is C28H32ClN5O3. The van der Waals surface area contributed by atoms with E-state index in [0.717, 1.165) is 43.5 Å². The molecule has 0 atom stereocenters. The van der Waals surface area contributed by atoms with E-state index in [1.807, 2.05) is 42.5 Å². The second-order valence-electron chi connectivity index (χ2n) is 9.42. The topological polar surface area (TPSA) is 107 Å². The van der Waals surface area contributed by atoms with Gasteiger partial charge in [-0.1, -0.05) is 66.9 Å². The monoisotopic (exact) mass is 521 g/mol. The number of nitrogens with zero attached hydrogens (tertiary/aromatic N) is 3. The number of amides is 1. The lowest BCUT2D eigenvalue weighted by Gasteiger charge is -2.22. The van der Waals surface area contributed by atoms with E-state index in [-0.39, 0.29) is 30.1 Å². The van der Waals surface area contributed by atoms with Crippen LogP contribution in [-0.2, 0) is 29.0 Å². The number of carboxylic acid groups (broad SMARTS) is 1. The average molecular weight is 522 g/mol. The summed E-state index contributed by atoms with van der Waals surface area (Å²) in [5.41, 5.74) is 3.48. The molecule has 3 aromatic rings. The van der Waals surface area contributed by atoms with Crippen LogP contribution in [0, 0.1) is 0 Å². The minimum absolute atomic E-state index is 0.0533. The summed E-state index contributed by atoms with van der Waals surface area (Å²) in [5.74, 6) is -0.338. The van der Waals surface area contributed by atoms with E-state index in [1.54, 1.807) is 11.9 Å². The number of nitrogens with one attached hydrogen (secondary N) is 2. The first kappa shape index (κ1) is 26.4. The third kappa shape index (κ3) is 7.67. The fourth-order valence-corrected chi connectivity index (χ4v) is 4.79. The summed E-state index contributed by atoms with van der Waals surface area (Å²) in [5, 5.41) is 15.9. The summed E-state index contributed by atoms with van der Waals surface area (Å²) in [6, 6.07) is 18.4. The summed E-state index contributed by atoms with van der Waals surface area (Å²) >= 11 is 6.44. The number of aromatic nitrogens is 2. The second-order valence-corrected chi connectivity index (χ2v) is 9.78. The molecule has 0 bridgehead atoms. The van der Waals surface area contributed by atoms with Crippen LogP contribution in [0.4, 0.5) is 11.5 Å². The molecule has 1 amide bonds. The molecule has 2 aromatic carbocycles. The van der Waals surface area contributed by atoms with Crippen molar-refractivity contribution in [1.29, 1.82) is 0 Å². The average Bonchev–Trinajstić information content (AvgIpc) is 3.38. The Bertz CT molecular complexity index is 1210. The van der Waals surface area contributed by atoms with Crippen molar-refractivity contribution in [2.75, 3.05) is 23.8 Å². The molecule has 1 heterocycles. The highest BCUT2D eigenvalue weighted by molar-refractivity contribution is 6.30. The molecule has 1 aromatic heterocycles. The third-order valence-electron chi connectivity index (χ3n) is 6.43. The van der Waals surface area contributed by atoms with Gasteiger partial charge in [0, 0.05) is 37.3 Å². The quantitative estimate of drug-likeness (QED) is 0.320. The van der Waals surface area contributed by atoms with Crippen LogP contribution < -0.4 is 15.5 Å². The van der Waals surface area contributed by atoms with Gasteiger partial charge in [0.1, 0.15) is 16.8 Å². The van der Waals surface area contributed by atoms with Gasteiger partial charge in [-0.25, -0.2) is 9.97 Å². The Hall–Kier alpha value is -3.65. The maximum atomic E-state index is 12.6. The molecule has 0 saturated heterocycles. The summed E-state index contributed by atoms with van der Waals surface area (Å²) < 4.78 is 0. The zero-order chi connectivity index (χ0) is 26.2. The van der Waals surface area contributed by atoms with Crippen molar-refractivity contribution in [2.45, 2.75) is 51.1 Å². The first-order valence-electron chi connectivity index (χ1n) is 12.5. The number of likely N-dealkylation sites (N-methyl/N-ethyl adjacent to an activating group) is 1. The smallest absolute Gasteiger partial charge is 0.308 e. The van der Waals surface area contributed by atoms with Crippen LogP contribution in [0.3, 0.4) is 0 Å². The van der Waals surface area contributed by atoms with Gasteiger partial charge in [-0.05, 0) is 36.1 Å². The minimum atomic E-state index is -1.04. The van der Waals surface area contributed by atoms with Crippen molar-refractivity contribution in [3.63, 3.8) is 0 Å². The molecule has 0 radical (unpaired) electrons. The Morgan fingerprint density at radius 2 is 1.73 bits per heavy atom. The Balaban J connectivity index is 1.46. The maximum absolute atomic E-state index is 12.6. The molecular weight excluding hydrogens is 490 g/mol. The predicted molar refractivity (Wildman–Crippen MR) is 145 cm³/mol. The molecule has 9 heteroatoms. The molecule has 1 aliphatic rings. The number of hydrogen-bond acceptors (Lipinski definition) is 6. The second kappa shape index (κ2) is 12.5. The highest BCUT2D eigenvalue weighted by Crippen LogP contribution is 2.26. The van der Waals surface area contributed by atoms with Gasteiger partial charge in [0.05, 0.1) is 13.0 Å². The van der Waals surface area contributed by atoms with E-state index in [9.17, 15) is 14.7 Å². The highest BCUT2D eigenvalue weighted by atomic mass is 35.5. The van der Waals surface area contributed by atoms with Crippen LogP contribution in [0.15, 0.2) is 54.6 Å². The van der Waals surface area contributed by atoms with Crippen LogP contribution in [-0.4, -0.2) is 46.6 Å². The van der Waals surface area contributed by atoms with Crippen molar-refractivity contribution in [3.05, 3.63) is 82.3 Å². The molecule has 3 N–H and O–H groups in total. The van der Waals surface area contributed by atoms with Gasteiger partial charge in [0.25, 0.3) is 0 Å². The third-order valence-corrected chi connectivity index (χ3v) is 6.74. The lowest BCUT2D eigenvalue weighted by atomic mass is 10.1. The van der Waals surface area contributed by atoms with Crippen molar-refractivity contribution >= 4 is 35.0 Å². The van der Waals surface area contributed by atoms with Gasteiger partial charge < -0.3 is 20.6 Å². The van der Waals surface area contributed by atoms with E-state index < -0.39 is 5.97 Å². The predicted octanol–water partition coefficient (Wildman–Crippen LogP) is 4.46. The molecule has 1 aliphatic carbocycles. The minimum Gasteiger partial charge on any atom is -0.481 e. The number of hydrogen-bond donors (Lipinski definition) is 3. The first-order chi connectivity index (χ1) is 17.9. The summed E-state index contributed by atoms with van der Waals surface area (Å²) in [6.07, 6.45) is 4.32. The van der Waals surface area contributed by atoms with Gasteiger partial charge >= 0.3 is 5.97 Å². The number of anilines is 2. The number of halogens is 1. The van der Waals surface area contributed by atoms with Crippen LogP contribution >= 0.6 is 11.6 Å². The molecule has 1 fully saturated rings. The summed E-state index contributed by atoms with van der Waals surface area (Å²) in [7, 11) is 1.72. The molecule has 1 saturated carbocycles. The number of rotatable bonds is 11. The van der Waals surface area contributed by atoms with Crippen molar-refractivity contribution in [3.8, 4) is 0 Å². The fraction of sp³-hybridized carbons (Fsp3) is 0.357. The Morgan fingerprint density at radius 3 is 2.41 bits per heavy atom. The number of carboxylic acids is 1. The van der Waals surface area contributed by atoms with Crippen LogP contribution in [0.25, 0.3) is 0 Å². The largest absolute Gasteiger partial charge is 0.481 e. The van der Waals surface area contributed by atoms with Gasteiger partial charge in [-0.3, -0.25) is 9.59 Å². The number of carbonyl (C=O) groups excluding carboxylic acids is 1. The maximum Gasteiger partial charge on any atom is 0.308 e. The Kier molecular flexibility index (Phi) is 8.95. The van der Waals surface area contributed by atoms with E-state index >= 15 is 0 Å². The molecule has 0 unspecified atom stereocenters. The van der Waals surface area contributed by atoms with Gasteiger partial charge in [0.2, 0.25) is 5.91 Å². The van der Waals surface area contributed by atoms with Gasteiger partial charge in [0.15, 0.2) is 0 Å². The van der Waals surface area contributed by atoms with E-state index in [4.69, 9.17) is 11.6 Å². The molecule has 0 aliphatic heterocycles. The van der Waals surface area contributed by atoms with Crippen LogP contribution in [0.2, 0.25) is 5.15 Å². The Labute approximate surface area is 222 Å². The molecule has 37 heavy (non-hydrogen) atoms. The van der Waals surface area contributed by atoms with Crippen molar-refractivity contribution in [2.24, 2.45) is 0 Å². The van der Waals surface area contributed by atoms with E-state index in [2.05, 4.69) is 32.7 Å². The Morgan fingerprint density at radius 1 is 1.03 bits per heavy atom. The van der Waals surface area contributed by atoms with Crippen molar-refractivity contribution in [1.82, 2.24) is 15.3 Å². The molecule has 4 rings (SSSR count). The normalized spacial score (nSPS) is 13.4. The summed E-state index contributed by atoms with van der Waals surface area (Å²) in [4.78, 5) is 34.7. The summed E-state index contributed by atoms with van der Waals surface area (Å²) in [6.45, 7) is 0.783. The molecule has 194 valence electrons. The molecule has 0 spiro atoms. The van der Waals surface area contributed by atoms with Gasteiger partial charge in [-0.15, -0.1) is 0 Å². The van der Waals surface area contributed by atoms with Gasteiger partial charge in [-0.2, -0.15) is 0 Å². The standard InChI is InChI=1S/C28H32ClN5O3/c1-34(18-25(35)31-22-9-5-6-10-22)28-23(16-26(36)37)27(29)32-24(33-28)15-19-11-13-21(14-12-19)30-17-20-7-3-2-4-8-20/h2-4,7-8,11-14,22,30H,5-6,9-10,15-18H2,1H3,(H,31,35)(H,36,37). The SMILES string of the molecule is CN(CC(=O)NC1CCCC1)c1nc(Cc2ccc(NCc3ccccc3)cc2)nc(Cl)c1CC(=O)O.